The Balaban J connectivity index is 1.87. The molecular formula is C15H21N5O. The molecule has 0 atom stereocenters. The van der Waals surface area contributed by atoms with E-state index in [2.05, 4.69) is 20.6 Å². The van der Waals surface area contributed by atoms with E-state index in [-0.39, 0.29) is 5.91 Å². The van der Waals surface area contributed by atoms with Gasteiger partial charge in [0.1, 0.15) is 5.82 Å². The Labute approximate surface area is 124 Å². The molecule has 0 bridgehead atoms. The van der Waals surface area contributed by atoms with Crippen LogP contribution in [0.2, 0.25) is 0 Å². The molecule has 2 aromatic heterocycles. The first-order chi connectivity index (χ1) is 10.2. The Morgan fingerprint density at radius 2 is 2.24 bits per heavy atom. The molecule has 0 spiro atoms. The van der Waals surface area contributed by atoms with Gasteiger partial charge in [0.15, 0.2) is 0 Å². The molecule has 2 heterocycles. The van der Waals surface area contributed by atoms with Crippen LogP contribution in [-0.4, -0.2) is 34.0 Å². The Kier molecular flexibility index (Phi) is 5.31. The van der Waals surface area contributed by atoms with Crippen molar-refractivity contribution in [1.82, 2.24) is 19.9 Å². The lowest BCUT2D eigenvalue weighted by Crippen LogP contribution is -2.25. The summed E-state index contributed by atoms with van der Waals surface area (Å²) in [6, 6.07) is 3.61. The average Bonchev–Trinajstić information content (AvgIpc) is 3.04. The number of carbonyl (C=O) groups excluding carboxylic acids is 1. The summed E-state index contributed by atoms with van der Waals surface area (Å²) in [5, 5.41) is 5.92. The maximum atomic E-state index is 12.2. The zero-order chi connectivity index (χ0) is 15.1. The molecule has 0 aliphatic heterocycles. The van der Waals surface area contributed by atoms with Crippen LogP contribution in [0.3, 0.4) is 0 Å². The van der Waals surface area contributed by atoms with E-state index in [9.17, 15) is 4.79 Å². The predicted molar refractivity (Wildman–Crippen MR) is 82.3 cm³/mol. The Hall–Kier alpha value is -2.37. The summed E-state index contributed by atoms with van der Waals surface area (Å²) in [7, 11) is 1.80. The monoisotopic (exact) mass is 287 g/mol. The van der Waals surface area contributed by atoms with Crippen molar-refractivity contribution in [2.24, 2.45) is 0 Å². The smallest absolute Gasteiger partial charge is 0.251 e. The van der Waals surface area contributed by atoms with Gasteiger partial charge in [-0.05, 0) is 25.0 Å². The van der Waals surface area contributed by atoms with E-state index in [4.69, 9.17) is 0 Å². The first kappa shape index (κ1) is 15.0. The van der Waals surface area contributed by atoms with Crippen molar-refractivity contribution in [2.75, 3.05) is 18.9 Å². The van der Waals surface area contributed by atoms with E-state index in [0.29, 0.717) is 12.1 Å². The highest BCUT2D eigenvalue weighted by atomic mass is 16.1. The highest BCUT2D eigenvalue weighted by molar-refractivity contribution is 5.94. The number of hydrogen-bond acceptors (Lipinski definition) is 4. The molecule has 6 nitrogen and oxygen atoms in total. The number of nitrogens with zero attached hydrogens (tertiary/aromatic N) is 3. The maximum absolute atomic E-state index is 12.2. The van der Waals surface area contributed by atoms with E-state index in [1.165, 1.54) is 0 Å². The number of hydrogen-bond donors (Lipinski definition) is 2. The molecule has 0 aliphatic carbocycles. The SMILES string of the molecule is CCc1cc(C(=O)NCCCn2ccnc2)cc(NC)n1. The molecule has 6 heteroatoms. The van der Waals surface area contributed by atoms with Crippen molar-refractivity contribution in [3.8, 4) is 0 Å². The number of amides is 1. The van der Waals surface area contributed by atoms with Crippen LogP contribution in [0.1, 0.15) is 29.4 Å². The van der Waals surface area contributed by atoms with Gasteiger partial charge >= 0.3 is 0 Å². The van der Waals surface area contributed by atoms with Crippen LogP contribution in [0.15, 0.2) is 30.9 Å². The summed E-state index contributed by atoms with van der Waals surface area (Å²) in [4.78, 5) is 20.5. The molecule has 0 aliphatic rings. The van der Waals surface area contributed by atoms with Gasteiger partial charge < -0.3 is 15.2 Å². The minimum absolute atomic E-state index is 0.0609. The maximum Gasteiger partial charge on any atom is 0.251 e. The quantitative estimate of drug-likeness (QED) is 0.760. The van der Waals surface area contributed by atoms with E-state index < -0.39 is 0 Å². The van der Waals surface area contributed by atoms with Gasteiger partial charge in [-0.2, -0.15) is 0 Å². The lowest BCUT2D eigenvalue weighted by molar-refractivity contribution is 0.0952. The minimum atomic E-state index is -0.0609. The summed E-state index contributed by atoms with van der Waals surface area (Å²) < 4.78 is 1.99. The second kappa shape index (κ2) is 7.42. The van der Waals surface area contributed by atoms with Crippen molar-refractivity contribution in [3.05, 3.63) is 42.1 Å². The highest BCUT2D eigenvalue weighted by Crippen LogP contribution is 2.10. The Morgan fingerprint density at radius 3 is 2.90 bits per heavy atom. The van der Waals surface area contributed by atoms with Gasteiger partial charge in [0.05, 0.1) is 6.33 Å². The Morgan fingerprint density at radius 1 is 1.38 bits per heavy atom. The summed E-state index contributed by atoms with van der Waals surface area (Å²) in [6.07, 6.45) is 7.11. The van der Waals surface area contributed by atoms with Gasteiger partial charge in [-0.15, -0.1) is 0 Å². The van der Waals surface area contributed by atoms with Crippen molar-refractivity contribution in [2.45, 2.75) is 26.3 Å². The zero-order valence-corrected chi connectivity index (χ0v) is 12.5. The predicted octanol–water partition coefficient (Wildman–Crippen LogP) is 1.70. The van der Waals surface area contributed by atoms with Crippen molar-refractivity contribution in [1.29, 1.82) is 0 Å². The molecule has 0 fully saturated rings. The van der Waals surface area contributed by atoms with Gasteiger partial charge in [0.25, 0.3) is 5.91 Å². The third-order valence-electron chi connectivity index (χ3n) is 3.20. The fourth-order valence-electron chi connectivity index (χ4n) is 2.01. The molecule has 112 valence electrons. The van der Waals surface area contributed by atoms with Crippen LogP contribution in [0, 0.1) is 0 Å². The zero-order valence-electron chi connectivity index (χ0n) is 12.5. The van der Waals surface area contributed by atoms with Gasteiger partial charge in [-0.1, -0.05) is 6.92 Å². The molecule has 0 radical (unpaired) electrons. The number of pyridine rings is 1. The third-order valence-corrected chi connectivity index (χ3v) is 3.20. The summed E-state index contributed by atoms with van der Waals surface area (Å²) in [6.45, 7) is 3.50. The lowest BCUT2D eigenvalue weighted by atomic mass is 10.2. The number of anilines is 1. The summed E-state index contributed by atoms with van der Waals surface area (Å²) >= 11 is 0. The van der Waals surface area contributed by atoms with Gasteiger partial charge in [-0.25, -0.2) is 9.97 Å². The van der Waals surface area contributed by atoms with Crippen LogP contribution in [0.25, 0.3) is 0 Å². The first-order valence-electron chi connectivity index (χ1n) is 7.15. The van der Waals surface area contributed by atoms with Crippen LogP contribution >= 0.6 is 0 Å². The molecule has 0 saturated carbocycles. The number of nitrogens with one attached hydrogen (secondary N) is 2. The summed E-state index contributed by atoms with van der Waals surface area (Å²) in [5.74, 6) is 0.659. The lowest BCUT2D eigenvalue weighted by Gasteiger charge is -2.09. The fourth-order valence-corrected chi connectivity index (χ4v) is 2.01. The largest absolute Gasteiger partial charge is 0.373 e. The number of aryl methyl sites for hydroxylation is 2. The molecule has 0 saturated heterocycles. The molecule has 0 unspecified atom stereocenters. The average molecular weight is 287 g/mol. The number of imidazole rings is 1. The molecule has 2 rings (SSSR count). The van der Waals surface area contributed by atoms with Crippen molar-refractivity contribution >= 4 is 11.7 Å². The Bertz CT molecular complexity index is 558. The third kappa shape index (κ3) is 4.30. The molecule has 1 amide bonds. The molecule has 21 heavy (non-hydrogen) atoms. The van der Waals surface area contributed by atoms with E-state index in [0.717, 1.165) is 30.9 Å². The number of rotatable bonds is 7. The van der Waals surface area contributed by atoms with Crippen molar-refractivity contribution < 1.29 is 4.79 Å². The number of carbonyl (C=O) groups is 1. The summed E-state index contributed by atoms with van der Waals surface area (Å²) in [5.41, 5.74) is 1.55. The molecule has 2 N–H and O–H groups in total. The molecule has 0 aromatic carbocycles. The second-order valence-electron chi connectivity index (χ2n) is 4.75. The topological polar surface area (TPSA) is 71.8 Å². The van der Waals surface area contributed by atoms with E-state index in [1.807, 2.05) is 23.8 Å². The normalized spacial score (nSPS) is 10.4. The highest BCUT2D eigenvalue weighted by Gasteiger charge is 2.08. The van der Waals surface area contributed by atoms with Gasteiger partial charge in [0, 0.05) is 43.8 Å². The van der Waals surface area contributed by atoms with Crippen molar-refractivity contribution in [3.63, 3.8) is 0 Å². The van der Waals surface area contributed by atoms with Crippen LogP contribution in [0.5, 0.6) is 0 Å². The second-order valence-corrected chi connectivity index (χ2v) is 4.75. The molecular weight excluding hydrogens is 266 g/mol. The van der Waals surface area contributed by atoms with E-state index in [1.54, 1.807) is 25.6 Å². The van der Waals surface area contributed by atoms with E-state index >= 15 is 0 Å². The van der Waals surface area contributed by atoms with Crippen LogP contribution in [0.4, 0.5) is 5.82 Å². The molecule has 2 aromatic rings. The minimum Gasteiger partial charge on any atom is -0.373 e. The van der Waals surface area contributed by atoms with Crippen LogP contribution < -0.4 is 10.6 Å². The standard InChI is InChI=1S/C15H21N5O/c1-3-13-9-12(10-14(16-2)19-13)15(21)18-5-4-7-20-8-6-17-11-20/h6,8-11H,3-5,7H2,1-2H3,(H,16,19)(H,18,21). The first-order valence-corrected chi connectivity index (χ1v) is 7.15. The van der Waals surface area contributed by atoms with Gasteiger partial charge in [-0.3, -0.25) is 4.79 Å². The fraction of sp³-hybridized carbons (Fsp3) is 0.400. The van der Waals surface area contributed by atoms with Crippen LogP contribution in [-0.2, 0) is 13.0 Å². The number of aromatic nitrogens is 3. The van der Waals surface area contributed by atoms with Gasteiger partial charge in [0.2, 0.25) is 0 Å².